The van der Waals surface area contributed by atoms with Crippen molar-refractivity contribution in [3.63, 3.8) is 0 Å². The van der Waals surface area contributed by atoms with Gasteiger partial charge in [0.1, 0.15) is 0 Å². The van der Waals surface area contributed by atoms with Gasteiger partial charge < -0.3 is 9.84 Å². The third kappa shape index (κ3) is 11.2. The van der Waals surface area contributed by atoms with Gasteiger partial charge in [0.2, 0.25) is 0 Å². The maximum Gasteiger partial charge on any atom is 0.309 e. The summed E-state index contributed by atoms with van der Waals surface area (Å²) < 4.78 is 4.52. The van der Waals surface area contributed by atoms with E-state index in [0.29, 0.717) is 6.42 Å². The SMILES string of the molecule is COC(=O)C/C=C\CCCCCCC(C)O. The van der Waals surface area contributed by atoms with Crippen LogP contribution in [0.15, 0.2) is 12.2 Å². The standard InChI is InChI=1S/C13H24O3/c1-12(14)10-8-6-4-3-5-7-9-11-13(15)16-2/h7,9,12,14H,3-6,8,10-11H2,1-2H3/b9-7-. The second kappa shape index (κ2) is 10.7. The van der Waals surface area contributed by atoms with Gasteiger partial charge in [0.25, 0.3) is 0 Å². The van der Waals surface area contributed by atoms with E-state index in [-0.39, 0.29) is 12.1 Å². The number of carbonyl (C=O) groups is 1. The Morgan fingerprint density at radius 1 is 1.25 bits per heavy atom. The highest BCUT2D eigenvalue weighted by Crippen LogP contribution is 2.07. The number of carbonyl (C=O) groups excluding carboxylic acids is 1. The van der Waals surface area contributed by atoms with Crippen LogP contribution in [-0.4, -0.2) is 24.3 Å². The van der Waals surface area contributed by atoms with Crippen LogP contribution in [0.2, 0.25) is 0 Å². The molecule has 0 saturated carbocycles. The molecule has 0 fully saturated rings. The number of hydrogen-bond acceptors (Lipinski definition) is 3. The predicted molar refractivity (Wildman–Crippen MR) is 65.2 cm³/mol. The zero-order chi connectivity index (χ0) is 12.2. The van der Waals surface area contributed by atoms with Gasteiger partial charge in [-0.2, -0.15) is 0 Å². The van der Waals surface area contributed by atoms with Crippen molar-refractivity contribution in [2.45, 2.75) is 58.0 Å². The molecule has 0 aromatic rings. The van der Waals surface area contributed by atoms with E-state index in [1.165, 1.54) is 20.0 Å². The number of allylic oxidation sites excluding steroid dienone is 1. The summed E-state index contributed by atoms with van der Waals surface area (Å²) in [5.74, 6) is -0.187. The molecule has 0 amide bonds. The average molecular weight is 228 g/mol. The lowest BCUT2D eigenvalue weighted by atomic mass is 10.1. The van der Waals surface area contributed by atoms with Gasteiger partial charge in [-0.15, -0.1) is 0 Å². The highest BCUT2D eigenvalue weighted by Gasteiger charge is 1.95. The van der Waals surface area contributed by atoms with Crippen molar-refractivity contribution in [2.75, 3.05) is 7.11 Å². The van der Waals surface area contributed by atoms with Crippen LogP contribution in [0.25, 0.3) is 0 Å². The number of rotatable bonds is 9. The van der Waals surface area contributed by atoms with Crippen LogP contribution >= 0.6 is 0 Å². The molecule has 0 aliphatic carbocycles. The largest absolute Gasteiger partial charge is 0.469 e. The first-order valence-corrected chi connectivity index (χ1v) is 6.06. The van der Waals surface area contributed by atoms with Crippen LogP contribution in [0.5, 0.6) is 0 Å². The Hall–Kier alpha value is -0.830. The summed E-state index contributed by atoms with van der Waals surface area (Å²) in [5, 5.41) is 9.05. The number of aliphatic hydroxyl groups is 1. The van der Waals surface area contributed by atoms with Crippen molar-refractivity contribution in [3.8, 4) is 0 Å². The molecule has 0 heterocycles. The van der Waals surface area contributed by atoms with E-state index in [9.17, 15) is 4.79 Å². The number of unbranched alkanes of at least 4 members (excludes halogenated alkanes) is 4. The van der Waals surface area contributed by atoms with Gasteiger partial charge in [0.15, 0.2) is 0 Å². The summed E-state index contributed by atoms with van der Waals surface area (Å²) in [6, 6.07) is 0. The van der Waals surface area contributed by atoms with E-state index in [1.807, 2.05) is 19.1 Å². The van der Waals surface area contributed by atoms with Crippen molar-refractivity contribution < 1.29 is 14.6 Å². The summed E-state index contributed by atoms with van der Waals surface area (Å²) in [6.07, 6.45) is 10.6. The fourth-order valence-electron chi connectivity index (χ4n) is 1.44. The Kier molecular flexibility index (Phi) is 10.1. The minimum absolute atomic E-state index is 0.167. The van der Waals surface area contributed by atoms with Crippen molar-refractivity contribution >= 4 is 5.97 Å². The number of methoxy groups -OCH3 is 1. The Balaban J connectivity index is 3.17. The van der Waals surface area contributed by atoms with E-state index in [0.717, 1.165) is 25.7 Å². The second-order valence-electron chi connectivity index (χ2n) is 4.09. The topological polar surface area (TPSA) is 46.5 Å². The number of esters is 1. The predicted octanol–water partition coefficient (Wildman–Crippen LogP) is 2.83. The third-order valence-corrected chi connectivity index (χ3v) is 2.42. The fourth-order valence-corrected chi connectivity index (χ4v) is 1.44. The molecule has 3 heteroatoms. The van der Waals surface area contributed by atoms with Crippen LogP contribution in [0.1, 0.15) is 51.9 Å². The van der Waals surface area contributed by atoms with Gasteiger partial charge in [0, 0.05) is 0 Å². The van der Waals surface area contributed by atoms with Crippen molar-refractivity contribution in [3.05, 3.63) is 12.2 Å². The molecular formula is C13H24O3. The Labute approximate surface area is 98.5 Å². The highest BCUT2D eigenvalue weighted by molar-refractivity contribution is 5.70. The van der Waals surface area contributed by atoms with E-state index < -0.39 is 0 Å². The normalized spacial score (nSPS) is 12.9. The lowest BCUT2D eigenvalue weighted by Gasteiger charge is -2.02. The molecule has 1 atom stereocenters. The monoisotopic (exact) mass is 228 g/mol. The summed E-state index contributed by atoms with van der Waals surface area (Å²) in [6.45, 7) is 1.83. The first kappa shape index (κ1) is 15.2. The van der Waals surface area contributed by atoms with Crippen LogP contribution < -0.4 is 0 Å². The van der Waals surface area contributed by atoms with Crippen LogP contribution in [0.3, 0.4) is 0 Å². The first-order valence-electron chi connectivity index (χ1n) is 6.06. The van der Waals surface area contributed by atoms with Gasteiger partial charge in [-0.25, -0.2) is 0 Å². The molecule has 94 valence electrons. The Bertz CT molecular complexity index is 197. The van der Waals surface area contributed by atoms with Crippen molar-refractivity contribution in [1.82, 2.24) is 0 Å². The number of aliphatic hydroxyl groups excluding tert-OH is 1. The van der Waals surface area contributed by atoms with E-state index >= 15 is 0 Å². The molecule has 0 spiro atoms. The lowest BCUT2D eigenvalue weighted by Crippen LogP contribution is -1.98. The quantitative estimate of drug-likeness (QED) is 0.375. The van der Waals surface area contributed by atoms with Crippen molar-refractivity contribution in [1.29, 1.82) is 0 Å². The van der Waals surface area contributed by atoms with Crippen LogP contribution in [-0.2, 0) is 9.53 Å². The zero-order valence-electron chi connectivity index (χ0n) is 10.4. The van der Waals surface area contributed by atoms with Gasteiger partial charge in [-0.1, -0.05) is 31.4 Å². The molecule has 0 saturated heterocycles. The highest BCUT2D eigenvalue weighted by atomic mass is 16.5. The summed E-state index contributed by atoms with van der Waals surface area (Å²) >= 11 is 0. The molecule has 0 rings (SSSR count). The van der Waals surface area contributed by atoms with Crippen LogP contribution in [0.4, 0.5) is 0 Å². The third-order valence-electron chi connectivity index (χ3n) is 2.42. The molecule has 0 aliphatic heterocycles. The molecule has 0 radical (unpaired) electrons. The molecule has 0 bridgehead atoms. The minimum Gasteiger partial charge on any atom is -0.469 e. The summed E-state index contributed by atoms with van der Waals surface area (Å²) in [5.41, 5.74) is 0. The molecule has 1 N–H and O–H groups in total. The van der Waals surface area contributed by atoms with Gasteiger partial charge >= 0.3 is 5.97 Å². The molecule has 16 heavy (non-hydrogen) atoms. The molecule has 0 aliphatic rings. The lowest BCUT2D eigenvalue weighted by molar-refractivity contribution is -0.139. The molecular weight excluding hydrogens is 204 g/mol. The fraction of sp³-hybridized carbons (Fsp3) is 0.769. The summed E-state index contributed by atoms with van der Waals surface area (Å²) in [4.78, 5) is 10.8. The van der Waals surface area contributed by atoms with E-state index in [1.54, 1.807) is 0 Å². The molecule has 1 unspecified atom stereocenters. The van der Waals surface area contributed by atoms with Gasteiger partial charge in [-0.05, 0) is 26.2 Å². The van der Waals surface area contributed by atoms with Gasteiger partial charge in [-0.3, -0.25) is 4.79 Å². The molecule has 3 nitrogen and oxygen atoms in total. The maximum atomic E-state index is 10.8. The van der Waals surface area contributed by atoms with E-state index in [2.05, 4.69) is 4.74 Å². The molecule has 0 aromatic heterocycles. The Morgan fingerprint density at radius 3 is 2.56 bits per heavy atom. The second-order valence-corrected chi connectivity index (χ2v) is 4.09. The average Bonchev–Trinajstić information content (AvgIpc) is 2.26. The number of hydrogen-bond donors (Lipinski definition) is 1. The summed E-state index contributed by atoms with van der Waals surface area (Å²) in [7, 11) is 1.40. The van der Waals surface area contributed by atoms with E-state index in [4.69, 9.17) is 5.11 Å². The molecule has 0 aromatic carbocycles. The van der Waals surface area contributed by atoms with Gasteiger partial charge in [0.05, 0.1) is 19.6 Å². The van der Waals surface area contributed by atoms with Crippen LogP contribution in [0, 0.1) is 0 Å². The minimum atomic E-state index is -0.187. The number of ether oxygens (including phenoxy) is 1. The maximum absolute atomic E-state index is 10.8. The zero-order valence-corrected chi connectivity index (χ0v) is 10.4. The Morgan fingerprint density at radius 2 is 1.94 bits per heavy atom. The van der Waals surface area contributed by atoms with Crippen molar-refractivity contribution in [2.24, 2.45) is 0 Å². The smallest absolute Gasteiger partial charge is 0.309 e. The first-order chi connectivity index (χ1) is 7.66.